The molecule has 0 bridgehead atoms. The fraction of sp³-hybridized carbons (Fsp3) is 0.615. The summed E-state index contributed by atoms with van der Waals surface area (Å²) in [5.41, 5.74) is 1.05. The number of ether oxygens (including phenoxy) is 1. The Morgan fingerprint density at radius 2 is 2.44 bits per heavy atom. The molecule has 1 aromatic heterocycles. The molecule has 2 heterocycles. The first-order chi connectivity index (χ1) is 7.74. The molecule has 0 saturated carbocycles. The van der Waals surface area contributed by atoms with Crippen LogP contribution < -0.4 is 5.32 Å². The predicted molar refractivity (Wildman–Crippen MR) is 65.6 cm³/mol. The van der Waals surface area contributed by atoms with Crippen molar-refractivity contribution in [3.8, 4) is 0 Å². The molecule has 0 aromatic carbocycles. The van der Waals surface area contributed by atoms with Crippen molar-refractivity contribution in [1.29, 1.82) is 0 Å². The van der Waals surface area contributed by atoms with Gasteiger partial charge in [0.1, 0.15) is 5.82 Å². The first-order valence-corrected chi connectivity index (χ1v) is 6.06. The normalized spacial score (nSPS) is 22.0. The molecule has 1 saturated heterocycles. The Bertz CT molecular complexity index is 334. The molecule has 3 heteroatoms. The minimum atomic E-state index is 0.414. The van der Waals surface area contributed by atoms with Crippen molar-refractivity contribution >= 4 is 5.82 Å². The monoisotopic (exact) mass is 220 g/mol. The average Bonchev–Trinajstić information content (AvgIpc) is 2.70. The molecule has 16 heavy (non-hydrogen) atoms. The second-order valence-electron chi connectivity index (χ2n) is 4.58. The Kier molecular flexibility index (Phi) is 3.78. The van der Waals surface area contributed by atoms with E-state index in [1.54, 1.807) is 0 Å². The number of rotatable bonds is 4. The maximum Gasteiger partial charge on any atom is 0.126 e. The SMILES string of the molecule is Cc1cccc(NC(C)CC2CCCO2)n1. The standard InChI is InChI=1S/C13H20N2O/c1-10-5-3-7-13(14-10)15-11(2)9-12-6-4-8-16-12/h3,5,7,11-12H,4,6,8-9H2,1-2H3,(H,14,15). The van der Waals surface area contributed by atoms with Crippen LogP contribution in [0.4, 0.5) is 5.82 Å². The van der Waals surface area contributed by atoms with E-state index in [0.29, 0.717) is 12.1 Å². The summed E-state index contributed by atoms with van der Waals surface area (Å²) in [6, 6.07) is 6.47. The summed E-state index contributed by atoms with van der Waals surface area (Å²) in [7, 11) is 0. The summed E-state index contributed by atoms with van der Waals surface area (Å²) in [5.74, 6) is 0.963. The van der Waals surface area contributed by atoms with E-state index in [1.807, 2.05) is 25.1 Å². The van der Waals surface area contributed by atoms with E-state index in [2.05, 4.69) is 17.2 Å². The van der Waals surface area contributed by atoms with Crippen LogP contribution >= 0.6 is 0 Å². The van der Waals surface area contributed by atoms with E-state index in [1.165, 1.54) is 12.8 Å². The summed E-state index contributed by atoms with van der Waals surface area (Å²) in [6.07, 6.45) is 3.91. The van der Waals surface area contributed by atoms with E-state index in [4.69, 9.17) is 4.74 Å². The van der Waals surface area contributed by atoms with E-state index < -0.39 is 0 Å². The van der Waals surface area contributed by atoms with Crippen molar-refractivity contribution in [3.05, 3.63) is 23.9 Å². The summed E-state index contributed by atoms with van der Waals surface area (Å²) >= 11 is 0. The maximum atomic E-state index is 5.62. The molecule has 2 unspecified atom stereocenters. The highest BCUT2D eigenvalue weighted by atomic mass is 16.5. The van der Waals surface area contributed by atoms with Gasteiger partial charge >= 0.3 is 0 Å². The summed E-state index contributed by atoms with van der Waals surface area (Å²) in [5, 5.41) is 3.42. The number of nitrogens with one attached hydrogen (secondary N) is 1. The number of pyridine rings is 1. The Morgan fingerprint density at radius 3 is 3.12 bits per heavy atom. The van der Waals surface area contributed by atoms with Crippen molar-refractivity contribution in [3.63, 3.8) is 0 Å². The van der Waals surface area contributed by atoms with Crippen molar-refractivity contribution < 1.29 is 4.74 Å². The van der Waals surface area contributed by atoms with Gasteiger partial charge in [0, 0.05) is 18.3 Å². The number of nitrogens with zero attached hydrogens (tertiary/aromatic N) is 1. The number of aromatic nitrogens is 1. The van der Waals surface area contributed by atoms with Gasteiger partial charge in [-0.2, -0.15) is 0 Å². The molecule has 0 aliphatic carbocycles. The topological polar surface area (TPSA) is 34.1 Å². The minimum Gasteiger partial charge on any atom is -0.378 e. The minimum absolute atomic E-state index is 0.414. The van der Waals surface area contributed by atoms with Gasteiger partial charge in [-0.05, 0) is 45.2 Å². The highest BCUT2D eigenvalue weighted by molar-refractivity contribution is 5.36. The molecule has 2 atom stereocenters. The quantitative estimate of drug-likeness (QED) is 0.847. The lowest BCUT2D eigenvalue weighted by molar-refractivity contribution is 0.101. The highest BCUT2D eigenvalue weighted by Gasteiger charge is 2.18. The van der Waals surface area contributed by atoms with Gasteiger partial charge in [0.25, 0.3) is 0 Å². The molecule has 1 aliphatic rings. The Labute approximate surface area is 97.2 Å². The van der Waals surface area contributed by atoms with Crippen LogP contribution in [0.5, 0.6) is 0 Å². The second-order valence-corrected chi connectivity index (χ2v) is 4.58. The molecular formula is C13H20N2O. The molecule has 1 N–H and O–H groups in total. The molecule has 3 nitrogen and oxygen atoms in total. The van der Waals surface area contributed by atoms with Crippen LogP contribution in [0.15, 0.2) is 18.2 Å². The van der Waals surface area contributed by atoms with Crippen molar-refractivity contribution in [1.82, 2.24) is 4.98 Å². The molecular weight excluding hydrogens is 200 g/mol. The Hall–Kier alpha value is -1.09. The smallest absolute Gasteiger partial charge is 0.126 e. The largest absolute Gasteiger partial charge is 0.378 e. The van der Waals surface area contributed by atoms with Gasteiger partial charge in [0.2, 0.25) is 0 Å². The van der Waals surface area contributed by atoms with Gasteiger partial charge in [-0.1, -0.05) is 6.07 Å². The predicted octanol–water partition coefficient (Wildman–Crippen LogP) is 2.76. The van der Waals surface area contributed by atoms with Gasteiger partial charge in [0.15, 0.2) is 0 Å². The number of hydrogen-bond acceptors (Lipinski definition) is 3. The molecule has 0 amide bonds. The van der Waals surface area contributed by atoms with Crippen molar-refractivity contribution in [2.45, 2.75) is 45.3 Å². The summed E-state index contributed by atoms with van der Waals surface area (Å²) in [6.45, 7) is 5.13. The van der Waals surface area contributed by atoms with Crippen LogP contribution in [0.3, 0.4) is 0 Å². The first kappa shape index (κ1) is 11.4. The fourth-order valence-corrected chi connectivity index (χ4v) is 2.16. The van der Waals surface area contributed by atoms with Gasteiger partial charge in [-0.15, -0.1) is 0 Å². The van der Waals surface area contributed by atoms with Gasteiger partial charge in [0.05, 0.1) is 6.10 Å². The maximum absolute atomic E-state index is 5.62. The number of anilines is 1. The second kappa shape index (κ2) is 5.30. The molecule has 88 valence electrons. The van der Waals surface area contributed by atoms with Crippen LogP contribution in [0.2, 0.25) is 0 Å². The summed E-state index contributed by atoms with van der Waals surface area (Å²) < 4.78 is 5.62. The molecule has 2 rings (SSSR count). The lowest BCUT2D eigenvalue weighted by Gasteiger charge is -2.18. The zero-order valence-electron chi connectivity index (χ0n) is 10.1. The third-order valence-electron chi connectivity index (χ3n) is 2.92. The molecule has 0 radical (unpaired) electrons. The van der Waals surface area contributed by atoms with Crippen LogP contribution in [0.1, 0.15) is 31.9 Å². The van der Waals surface area contributed by atoms with Crippen LogP contribution in [-0.4, -0.2) is 23.7 Å². The number of aryl methyl sites for hydroxylation is 1. The van der Waals surface area contributed by atoms with E-state index in [0.717, 1.165) is 24.5 Å². The third-order valence-corrected chi connectivity index (χ3v) is 2.92. The fourth-order valence-electron chi connectivity index (χ4n) is 2.16. The van der Waals surface area contributed by atoms with Gasteiger partial charge < -0.3 is 10.1 Å². The first-order valence-electron chi connectivity index (χ1n) is 6.06. The Morgan fingerprint density at radius 1 is 1.56 bits per heavy atom. The molecule has 1 fully saturated rings. The van der Waals surface area contributed by atoms with Crippen molar-refractivity contribution in [2.75, 3.05) is 11.9 Å². The van der Waals surface area contributed by atoms with E-state index in [9.17, 15) is 0 Å². The zero-order valence-corrected chi connectivity index (χ0v) is 10.1. The van der Waals surface area contributed by atoms with Crippen LogP contribution in [0, 0.1) is 6.92 Å². The average molecular weight is 220 g/mol. The van der Waals surface area contributed by atoms with Gasteiger partial charge in [-0.3, -0.25) is 0 Å². The van der Waals surface area contributed by atoms with E-state index in [-0.39, 0.29) is 0 Å². The summed E-state index contributed by atoms with van der Waals surface area (Å²) in [4.78, 5) is 4.44. The third kappa shape index (κ3) is 3.20. The Balaban J connectivity index is 1.84. The van der Waals surface area contributed by atoms with E-state index >= 15 is 0 Å². The van der Waals surface area contributed by atoms with Crippen LogP contribution in [0.25, 0.3) is 0 Å². The lowest BCUT2D eigenvalue weighted by atomic mass is 10.1. The molecule has 0 spiro atoms. The zero-order chi connectivity index (χ0) is 11.4. The van der Waals surface area contributed by atoms with Crippen LogP contribution in [-0.2, 0) is 4.74 Å². The number of hydrogen-bond donors (Lipinski definition) is 1. The highest BCUT2D eigenvalue weighted by Crippen LogP contribution is 2.18. The lowest BCUT2D eigenvalue weighted by Crippen LogP contribution is -2.22. The molecule has 1 aliphatic heterocycles. The van der Waals surface area contributed by atoms with Crippen molar-refractivity contribution in [2.24, 2.45) is 0 Å². The van der Waals surface area contributed by atoms with Gasteiger partial charge in [-0.25, -0.2) is 4.98 Å². The molecule has 1 aromatic rings.